The van der Waals surface area contributed by atoms with Gasteiger partial charge in [-0.25, -0.2) is 4.39 Å². The van der Waals surface area contributed by atoms with Crippen molar-refractivity contribution in [1.29, 1.82) is 0 Å². The summed E-state index contributed by atoms with van der Waals surface area (Å²) in [5, 5.41) is 2.93. The topological polar surface area (TPSA) is 32.3 Å². The molecule has 0 spiro atoms. The fraction of sp³-hybridized carbons (Fsp3) is 0.353. The van der Waals surface area contributed by atoms with Gasteiger partial charge in [0.15, 0.2) is 0 Å². The summed E-state index contributed by atoms with van der Waals surface area (Å²) < 4.78 is 13.1. The molecule has 1 amide bonds. The Labute approximate surface area is 144 Å². The van der Waals surface area contributed by atoms with Crippen LogP contribution in [0.3, 0.4) is 0 Å². The van der Waals surface area contributed by atoms with E-state index >= 15 is 0 Å². The minimum atomic E-state index is -0.453. The van der Waals surface area contributed by atoms with Crippen LogP contribution in [0.2, 0.25) is 5.02 Å². The predicted octanol–water partition coefficient (Wildman–Crippen LogP) is 4.19. The monoisotopic (exact) mass is 352 g/mol. The molecule has 1 aliphatic rings. The smallest absolute Gasteiger partial charge is 0.261 e. The van der Waals surface area contributed by atoms with Gasteiger partial charge in [-0.1, -0.05) is 17.7 Å². The van der Waals surface area contributed by atoms with Crippen molar-refractivity contribution in [2.24, 2.45) is 0 Å². The number of carbonyl (C=O) groups is 1. The van der Waals surface area contributed by atoms with Gasteiger partial charge in [0.25, 0.3) is 5.91 Å². The number of fused-ring (bicyclic) bond motifs is 1. The molecule has 1 aliphatic heterocycles. The first-order valence-corrected chi connectivity index (χ1v) is 8.71. The molecule has 1 N–H and O–H groups in total. The minimum Gasteiger partial charge on any atom is -0.347 e. The Hall–Kier alpha value is -1.43. The van der Waals surface area contributed by atoms with Crippen molar-refractivity contribution in [2.45, 2.75) is 39.5 Å². The molecule has 0 aliphatic carbocycles. The maximum absolute atomic E-state index is 13.1. The van der Waals surface area contributed by atoms with Crippen molar-refractivity contribution in [3.8, 4) is 0 Å². The molecule has 23 heavy (non-hydrogen) atoms. The van der Waals surface area contributed by atoms with E-state index in [2.05, 4.69) is 24.1 Å². The molecule has 0 saturated heterocycles. The molecule has 0 unspecified atom stereocenters. The maximum atomic E-state index is 13.1. The SMILES string of the molecule is CC(C)N1Cc2cc(C(=O)NCc3ccc(F)c(Cl)c3)sc2C1. The van der Waals surface area contributed by atoms with Gasteiger partial charge in [0.2, 0.25) is 0 Å². The lowest BCUT2D eigenvalue weighted by molar-refractivity contribution is 0.0955. The second-order valence-electron chi connectivity index (χ2n) is 5.99. The molecule has 122 valence electrons. The Kier molecular flexibility index (Phi) is 4.71. The van der Waals surface area contributed by atoms with E-state index in [1.807, 2.05) is 6.07 Å². The first kappa shape index (κ1) is 16.4. The van der Waals surface area contributed by atoms with Crippen molar-refractivity contribution < 1.29 is 9.18 Å². The number of amides is 1. The van der Waals surface area contributed by atoms with Crippen LogP contribution in [0, 0.1) is 5.82 Å². The van der Waals surface area contributed by atoms with E-state index in [0.717, 1.165) is 23.5 Å². The second kappa shape index (κ2) is 6.59. The Bertz CT molecular complexity index is 721. The number of nitrogens with one attached hydrogen (secondary N) is 1. The Morgan fingerprint density at radius 1 is 1.39 bits per heavy atom. The molecular weight excluding hydrogens is 335 g/mol. The highest BCUT2D eigenvalue weighted by molar-refractivity contribution is 7.14. The molecule has 1 aromatic heterocycles. The van der Waals surface area contributed by atoms with Crippen LogP contribution in [0.5, 0.6) is 0 Å². The summed E-state index contributed by atoms with van der Waals surface area (Å²) in [6, 6.07) is 6.96. The van der Waals surface area contributed by atoms with Crippen LogP contribution >= 0.6 is 22.9 Å². The van der Waals surface area contributed by atoms with Crippen molar-refractivity contribution in [2.75, 3.05) is 0 Å². The summed E-state index contributed by atoms with van der Waals surface area (Å²) in [5.74, 6) is -0.549. The number of nitrogens with zero attached hydrogens (tertiary/aromatic N) is 1. The van der Waals surface area contributed by atoms with Crippen LogP contribution in [0.15, 0.2) is 24.3 Å². The fourth-order valence-electron chi connectivity index (χ4n) is 2.59. The molecule has 0 bridgehead atoms. The summed E-state index contributed by atoms with van der Waals surface area (Å²) in [6.45, 7) is 6.51. The first-order chi connectivity index (χ1) is 10.9. The lowest BCUT2D eigenvalue weighted by Gasteiger charge is -2.19. The third-order valence-corrected chi connectivity index (χ3v) is 5.46. The number of carbonyl (C=O) groups excluding carboxylic acids is 1. The molecule has 3 nitrogen and oxygen atoms in total. The lowest BCUT2D eigenvalue weighted by atomic mass is 10.2. The zero-order valence-corrected chi connectivity index (χ0v) is 14.6. The Morgan fingerprint density at radius 3 is 2.83 bits per heavy atom. The summed E-state index contributed by atoms with van der Waals surface area (Å²) in [6.07, 6.45) is 0. The van der Waals surface area contributed by atoms with Crippen LogP contribution in [0.25, 0.3) is 0 Å². The van der Waals surface area contributed by atoms with Gasteiger partial charge in [-0.2, -0.15) is 0 Å². The lowest BCUT2D eigenvalue weighted by Crippen LogP contribution is -2.25. The zero-order chi connectivity index (χ0) is 16.6. The largest absolute Gasteiger partial charge is 0.347 e. The van der Waals surface area contributed by atoms with Crippen LogP contribution in [-0.2, 0) is 19.6 Å². The highest BCUT2D eigenvalue weighted by Gasteiger charge is 2.25. The predicted molar refractivity (Wildman–Crippen MR) is 91.3 cm³/mol. The summed E-state index contributed by atoms with van der Waals surface area (Å²) in [4.78, 5) is 16.6. The third-order valence-electron chi connectivity index (χ3n) is 4.01. The van der Waals surface area contributed by atoms with Gasteiger partial charge in [-0.15, -0.1) is 11.3 Å². The second-order valence-corrected chi connectivity index (χ2v) is 7.53. The molecule has 0 atom stereocenters. The number of benzene rings is 1. The van der Waals surface area contributed by atoms with Gasteiger partial charge in [-0.3, -0.25) is 9.69 Å². The zero-order valence-electron chi connectivity index (χ0n) is 13.0. The van der Waals surface area contributed by atoms with E-state index in [1.54, 1.807) is 17.4 Å². The van der Waals surface area contributed by atoms with Crippen molar-refractivity contribution >= 4 is 28.8 Å². The summed E-state index contributed by atoms with van der Waals surface area (Å²) in [7, 11) is 0. The highest BCUT2D eigenvalue weighted by atomic mass is 35.5. The standard InChI is InChI=1S/C17H18ClFN2OS/c1-10(2)21-8-12-6-15(23-16(12)9-21)17(22)20-7-11-3-4-14(19)13(18)5-11/h3-6,10H,7-9H2,1-2H3,(H,20,22). The first-order valence-electron chi connectivity index (χ1n) is 7.52. The Morgan fingerprint density at radius 2 is 2.17 bits per heavy atom. The fourth-order valence-corrected chi connectivity index (χ4v) is 3.91. The van der Waals surface area contributed by atoms with Crippen LogP contribution in [0.4, 0.5) is 4.39 Å². The molecule has 6 heteroatoms. The van der Waals surface area contributed by atoms with Gasteiger partial charge in [-0.05, 0) is 43.2 Å². The average Bonchev–Trinajstić information content (AvgIpc) is 3.06. The molecule has 0 radical (unpaired) electrons. The summed E-state index contributed by atoms with van der Waals surface area (Å²) in [5.41, 5.74) is 2.03. The van der Waals surface area contributed by atoms with E-state index < -0.39 is 5.82 Å². The number of rotatable bonds is 4. The molecule has 2 aromatic rings. The average molecular weight is 353 g/mol. The van der Waals surface area contributed by atoms with Crippen molar-refractivity contribution in [3.63, 3.8) is 0 Å². The minimum absolute atomic E-state index is 0.0700. The molecule has 2 heterocycles. The van der Waals surface area contributed by atoms with Gasteiger partial charge < -0.3 is 5.32 Å². The van der Waals surface area contributed by atoms with Gasteiger partial charge in [0.05, 0.1) is 9.90 Å². The van der Waals surface area contributed by atoms with E-state index in [1.165, 1.54) is 22.6 Å². The van der Waals surface area contributed by atoms with E-state index in [9.17, 15) is 9.18 Å². The van der Waals surface area contributed by atoms with E-state index in [4.69, 9.17) is 11.6 Å². The molecule has 0 saturated carbocycles. The van der Waals surface area contributed by atoms with Gasteiger partial charge in [0, 0.05) is 30.6 Å². The van der Waals surface area contributed by atoms with E-state index in [0.29, 0.717) is 12.6 Å². The number of hydrogen-bond donors (Lipinski definition) is 1. The molecule has 3 rings (SSSR count). The van der Waals surface area contributed by atoms with Crippen LogP contribution in [0.1, 0.15) is 39.5 Å². The Balaban J connectivity index is 1.62. The third kappa shape index (κ3) is 3.57. The van der Waals surface area contributed by atoms with Gasteiger partial charge >= 0.3 is 0 Å². The van der Waals surface area contributed by atoms with Crippen molar-refractivity contribution in [1.82, 2.24) is 10.2 Å². The maximum Gasteiger partial charge on any atom is 0.261 e. The molecule has 0 fully saturated rings. The molecular formula is C17H18ClFN2OS. The van der Waals surface area contributed by atoms with Crippen molar-refractivity contribution in [3.05, 3.63) is 56.0 Å². The van der Waals surface area contributed by atoms with Gasteiger partial charge in [0.1, 0.15) is 5.82 Å². The highest BCUT2D eigenvalue weighted by Crippen LogP contribution is 2.32. The molecule has 1 aromatic carbocycles. The number of halogens is 2. The van der Waals surface area contributed by atoms with E-state index in [-0.39, 0.29) is 10.9 Å². The summed E-state index contributed by atoms with van der Waals surface area (Å²) >= 11 is 7.30. The van der Waals surface area contributed by atoms with Crippen LogP contribution < -0.4 is 5.32 Å². The van der Waals surface area contributed by atoms with Crippen LogP contribution in [-0.4, -0.2) is 16.8 Å². The quantitative estimate of drug-likeness (QED) is 0.894. The number of thiophene rings is 1. The normalized spacial score (nSPS) is 14.3. The number of hydrogen-bond acceptors (Lipinski definition) is 3.